The van der Waals surface area contributed by atoms with Gasteiger partial charge in [-0.05, 0) is 35.4 Å². The van der Waals surface area contributed by atoms with Crippen molar-refractivity contribution in [3.8, 4) is 11.5 Å². The molecule has 0 aliphatic rings. The van der Waals surface area contributed by atoms with Crippen LogP contribution in [-0.2, 0) is 36.8 Å². The molecule has 0 spiro atoms. The molecule has 0 radical (unpaired) electrons. The van der Waals surface area contributed by atoms with Crippen molar-refractivity contribution in [2.24, 2.45) is 0 Å². The van der Waals surface area contributed by atoms with Crippen molar-refractivity contribution in [1.29, 1.82) is 0 Å². The molecule has 0 aliphatic carbocycles. The van der Waals surface area contributed by atoms with Crippen LogP contribution in [0.25, 0.3) is 0 Å². The van der Waals surface area contributed by atoms with Crippen LogP contribution in [0.2, 0.25) is 0 Å². The molecule has 0 saturated heterocycles. The summed E-state index contributed by atoms with van der Waals surface area (Å²) in [7, 11) is 0. The van der Waals surface area contributed by atoms with Crippen molar-refractivity contribution in [1.82, 2.24) is 0 Å². The number of hydrogen-bond acceptors (Lipinski definition) is 7. The Labute approximate surface area is 155 Å². The fraction of sp³-hybridized carbons (Fsp3) is 0.200. The second-order valence-electron chi connectivity index (χ2n) is 5.67. The first-order chi connectivity index (χ1) is 12.8. The molecule has 0 unspecified atom stereocenters. The van der Waals surface area contributed by atoms with Gasteiger partial charge in [-0.3, -0.25) is 19.2 Å². The highest BCUT2D eigenvalue weighted by Crippen LogP contribution is 2.15. The van der Waals surface area contributed by atoms with Crippen molar-refractivity contribution < 1.29 is 33.4 Å². The van der Waals surface area contributed by atoms with Crippen LogP contribution in [0.3, 0.4) is 0 Å². The summed E-state index contributed by atoms with van der Waals surface area (Å²) in [6, 6.07) is 12.6. The SMILES string of the molecule is CC(=O)Oc1ccc(CC(=O)OC(=O)Cc2ccc(OC(C)=O)cc2)cc1. The van der Waals surface area contributed by atoms with Gasteiger partial charge in [0.2, 0.25) is 0 Å². The summed E-state index contributed by atoms with van der Waals surface area (Å²) in [6.45, 7) is 2.58. The van der Waals surface area contributed by atoms with E-state index in [-0.39, 0.29) is 12.8 Å². The van der Waals surface area contributed by atoms with Gasteiger partial charge in [-0.25, -0.2) is 0 Å². The minimum Gasteiger partial charge on any atom is -0.427 e. The summed E-state index contributed by atoms with van der Waals surface area (Å²) in [5, 5.41) is 0. The van der Waals surface area contributed by atoms with E-state index < -0.39 is 23.9 Å². The number of benzene rings is 2. The van der Waals surface area contributed by atoms with Crippen molar-refractivity contribution in [3.05, 3.63) is 59.7 Å². The molecule has 0 bridgehead atoms. The van der Waals surface area contributed by atoms with Gasteiger partial charge >= 0.3 is 23.9 Å². The minimum absolute atomic E-state index is 0.0858. The van der Waals surface area contributed by atoms with Gasteiger partial charge in [0.05, 0.1) is 12.8 Å². The lowest BCUT2D eigenvalue weighted by Crippen LogP contribution is -2.16. The van der Waals surface area contributed by atoms with Crippen LogP contribution in [0.5, 0.6) is 11.5 Å². The number of ether oxygens (including phenoxy) is 3. The van der Waals surface area contributed by atoms with Gasteiger partial charge in [0.15, 0.2) is 0 Å². The maximum absolute atomic E-state index is 11.9. The monoisotopic (exact) mass is 370 g/mol. The minimum atomic E-state index is -0.684. The highest BCUT2D eigenvalue weighted by atomic mass is 16.6. The van der Waals surface area contributed by atoms with Crippen molar-refractivity contribution in [3.63, 3.8) is 0 Å². The second-order valence-corrected chi connectivity index (χ2v) is 5.67. The summed E-state index contributed by atoms with van der Waals surface area (Å²) in [5.41, 5.74) is 1.24. The quantitative estimate of drug-likeness (QED) is 0.438. The lowest BCUT2D eigenvalue weighted by molar-refractivity contribution is -0.158. The zero-order valence-corrected chi connectivity index (χ0v) is 14.9. The molecule has 0 fully saturated rings. The summed E-state index contributed by atoms with van der Waals surface area (Å²) in [6.07, 6.45) is -0.172. The standard InChI is InChI=1S/C20H18O7/c1-13(21)25-17-7-3-15(4-8-17)11-19(23)27-20(24)12-16-5-9-18(10-6-16)26-14(2)22/h3-10H,11-12H2,1-2H3. The normalized spacial score (nSPS) is 10.0. The van der Waals surface area contributed by atoms with Crippen LogP contribution < -0.4 is 9.47 Å². The van der Waals surface area contributed by atoms with Crippen molar-refractivity contribution >= 4 is 23.9 Å². The lowest BCUT2D eigenvalue weighted by Gasteiger charge is -2.06. The molecule has 0 aliphatic heterocycles. The average molecular weight is 370 g/mol. The van der Waals surface area contributed by atoms with Crippen molar-refractivity contribution in [2.45, 2.75) is 26.7 Å². The van der Waals surface area contributed by atoms with Crippen LogP contribution in [-0.4, -0.2) is 23.9 Å². The molecule has 7 heteroatoms. The van der Waals surface area contributed by atoms with Crippen LogP contribution >= 0.6 is 0 Å². The molecule has 0 aromatic heterocycles. The second kappa shape index (κ2) is 9.28. The Balaban J connectivity index is 1.83. The molecule has 140 valence electrons. The van der Waals surface area contributed by atoms with Crippen LogP contribution in [0.1, 0.15) is 25.0 Å². The third-order valence-electron chi connectivity index (χ3n) is 3.29. The molecule has 2 aromatic rings. The largest absolute Gasteiger partial charge is 0.427 e. The Kier molecular flexibility index (Phi) is 6.82. The van der Waals surface area contributed by atoms with E-state index in [1.807, 2.05) is 0 Å². The van der Waals surface area contributed by atoms with Gasteiger partial charge in [-0.15, -0.1) is 0 Å². The highest BCUT2D eigenvalue weighted by Gasteiger charge is 2.13. The van der Waals surface area contributed by atoms with E-state index in [2.05, 4.69) is 0 Å². The number of carbonyl (C=O) groups is 4. The third kappa shape index (κ3) is 7.11. The summed E-state index contributed by atoms with van der Waals surface area (Å²) in [4.78, 5) is 45.4. The molecule has 7 nitrogen and oxygen atoms in total. The number of esters is 4. The predicted molar refractivity (Wildman–Crippen MR) is 94.0 cm³/mol. The summed E-state index contributed by atoms with van der Waals surface area (Å²) >= 11 is 0. The first kappa shape index (κ1) is 19.8. The Hall–Kier alpha value is -3.48. The van der Waals surface area contributed by atoms with E-state index >= 15 is 0 Å². The van der Waals surface area contributed by atoms with Crippen LogP contribution in [0.15, 0.2) is 48.5 Å². The lowest BCUT2D eigenvalue weighted by atomic mass is 10.1. The first-order valence-corrected chi connectivity index (χ1v) is 8.10. The molecule has 2 rings (SSSR count). The molecule has 27 heavy (non-hydrogen) atoms. The molecule has 0 saturated carbocycles. The Morgan fingerprint density at radius 3 is 1.26 bits per heavy atom. The molecular weight excluding hydrogens is 352 g/mol. The van der Waals surface area contributed by atoms with Gasteiger partial charge in [-0.2, -0.15) is 0 Å². The van der Waals surface area contributed by atoms with E-state index in [1.54, 1.807) is 48.5 Å². The van der Waals surface area contributed by atoms with Crippen molar-refractivity contribution in [2.75, 3.05) is 0 Å². The van der Waals surface area contributed by atoms with Gasteiger partial charge in [0.25, 0.3) is 0 Å². The topological polar surface area (TPSA) is 96.0 Å². The number of carbonyl (C=O) groups excluding carboxylic acids is 4. The molecule has 0 amide bonds. The predicted octanol–water partition coefficient (Wildman–Crippen LogP) is 2.39. The Morgan fingerprint density at radius 2 is 0.963 bits per heavy atom. The van der Waals surface area contributed by atoms with Gasteiger partial charge in [-0.1, -0.05) is 24.3 Å². The molecule has 0 N–H and O–H groups in total. The highest BCUT2D eigenvalue weighted by molar-refractivity contribution is 5.87. The fourth-order valence-corrected chi connectivity index (χ4v) is 2.22. The zero-order chi connectivity index (χ0) is 19.8. The summed E-state index contributed by atoms with van der Waals surface area (Å²) < 4.78 is 14.6. The maximum Gasteiger partial charge on any atom is 0.317 e. The average Bonchev–Trinajstić information content (AvgIpc) is 2.57. The van der Waals surface area contributed by atoms with E-state index in [1.165, 1.54) is 13.8 Å². The summed E-state index contributed by atoms with van der Waals surface area (Å²) in [5.74, 6) is -1.50. The fourth-order valence-electron chi connectivity index (χ4n) is 2.22. The van der Waals surface area contributed by atoms with Crippen LogP contribution in [0, 0.1) is 0 Å². The number of hydrogen-bond donors (Lipinski definition) is 0. The van der Waals surface area contributed by atoms with E-state index in [0.717, 1.165) is 0 Å². The van der Waals surface area contributed by atoms with Crippen LogP contribution in [0.4, 0.5) is 0 Å². The molecule has 0 heterocycles. The Bertz CT molecular complexity index is 764. The van der Waals surface area contributed by atoms with Gasteiger partial charge in [0, 0.05) is 13.8 Å². The Morgan fingerprint density at radius 1 is 0.630 bits per heavy atom. The smallest absolute Gasteiger partial charge is 0.317 e. The van der Waals surface area contributed by atoms with E-state index in [9.17, 15) is 19.2 Å². The molecular formula is C20H18O7. The molecule has 2 aromatic carbocycles. The van der Waals surface area contributed by atoms with E-state index in [4.69, 9.17) is 14.2 Å². The van der Waals surface area contributed by atoms with Gasteiger partial charge in [0.1, 0.15) is 11.5 Å². The van der Waals surface area contributed by atoms with E-state index in [0.29, 0.717) is 22.6 Å². The zero-order valence-electron chi connectivity index (χ0n) is 14.9. The van der Waals surface area contributed by atoms with Gasteiger partial charge < -0.3 is 14.2 Å². The third-order valence-corrected chi connectivity index (χ3v) is 3.29. The maximum atomic E-state index is 11.9. The first-order valence-electron chi connectivity index (χ1n) is 8.10. The number of rotatable bonds is 6. The molecule has 0 atom stereocenters.